The molecule has 1 saturated carbocycles. The Labute approximate surface area is 120 Å². The van der Waals surface area contributed by atoms with E-state index in [2.05, 4.69) is 16.4 Å². The Hall–Kier alpha value is -1.93. The molecule has 0 radical (unpaired) electrons. The molecule has 0 unspecified atom stereocenters. The normalized spacial score (nSPS) is 14.8. The van der Waals surface area contributed by atoms with Crippen LogP contribution >= 0.6 is 11.6 Å². The van der Waals surface area contributed by atoms with E-state index in [4.69, 9.17) is 16.9 Å². The molecule has 20 heavy (non-hydrogen) atoms. The van der Waals surface area contributed by atoms with Crippen molar-refractivity contribution in [2.75, 3.05) is 0 Å². The molecule has 1 aromatic heterocycles. The Morgan fingerprint density at radius 3 is 2.85 bits per heavy atom. The summed E-state index contributed by atoms with van der Waals surface area (Å²) in [6.07, 6.45) is 3.18. The second-order valence-electron chi connectivity index (χ2n) is 4.92. The summed E-state index contributed by atoms with van der Waals surface area (Å²) in [4.78, 5) is 0. The van der Waals surface area contributed by atoms with E-state index < -0.39 is 0 Å². The first-order valence-corrected chi connectivity index (χ1v) is 6.85. The average molecular weight is 291 g/mol. The van der Waals surface area contributed by atoms with E-state index in [1.54, 1.807) is 16.8 Å². The maximum atomic E-state index is 13.8. The molecule has 1 aromatic carbocycles. The topological polar surface area (TPSA) is 54.5 Å². The molecule has 1 fully saturated rings. The molecular formula is C14H12ClFN4. The minimum Gasteiger partial charge on any atom is -0.243 e. The van der Waals surface area contributed by atoms with Gasteiger partial charge in [0.15, 0.2) is 5.69 Å². The van der Waals surface area contributed by atoms with Crippen molar-refractivity contribution in [1.82, 2.24) is 15.0 Å². The summed E-state index contributed by atoms with van der Waals surface area (Å²) in [5.74, 6) is -0.0729. The highest BCUT2D eigenvalue weighted by molar-refractivity contribution is 6.31. The molecular weight excluding hydrogens is 279 g/mol. The van der Waals surface area contributed by atoms with Crippen LogP contribution in [0, 0.1) is 17.1 Å². The zero-order valence-electron chi connectivity index (χ0n) is 10.7. The molecule has 3 rings (SSSR count). The van der Waals surface area contributed by atoms with Crippen LogP contribution in [0.1, 0.15) is 42.1 Å². The van der Waals surface area contributed by atoms with E-state index in [0.29, 0.717) is 22.2 Å². The van der Waals surface area contributed by atoms with Crippen LogP contribution in [0.3, 0.4) is 0 Å². The second kappa shape index (κ2) is 5.22. The van der Waals surface area contributed by atoms with Crippen molar-refractivity contribution >= 4 is 11.6 Å². The molecule has 0 amide bonds. The Kier molecular flexibility index (Phi) is 3.41. The van der Waals surface area contributed by atoms with E-state index >= 15 is 0 Å². The molecule has 1 aliphatic carbocycles. The molecule has 0 aliphatic heterocycles. The number of benzene rings is 1. The van der Waals surface area contributed by atoms with E-state index in [1.807, 2.05) is 0 Å². The monoisotopic (exact) mass is 290 g/mol. The van der Waals surface area contributed by atoms with Gasteiger partial charge in [-0.15, -0.1) is 5.10 Å². The van der Waals surface area contributed by atoms with Crippen LogP contribution in [0.15, 0.2) is 18.2 Å². The van der Waals surface area contributed by atoms with Crippen molar-refractivity contribution < 1.29 is 4.39 Å². The van der Waals surface area contributed by atoms with Crippen molar-refractivity contribution in [2.24, 2.45) is 0 Å². The summed E-state index contributed by atoms with van der Waals surface area (Å²) in [6, 6.07) is 6.64. The lowest BCUT2D eigenvalue weighted by atomic mass is 9.82. The third kappa shape index (κ3) is 2.16. The van der Waals surface area contributed by atoms with Crippen LogP contribution in [0.25, 0.3) is 0 Å². The smallest absolute Gasteiger partial charge is 0.186 e. The second-order valence-corrected chi connectivity index (χ2v) is 5.33. The molecule has 0 spiro atoms. The summed E-state index contributed by atoms with van der Waals surface area (Å²) in [7, 11) is 0. The Bertz CT molecular complexity index is 665. The van der Waals surface area contributed by atoms with Crippen LogP contribution in [0.5, 0.6) is 0 Å². The van der Waals surface area contributed by atoms with Crippen LogP contribution in [-0.4, -0.2) is 15.0 Å². The van der Waals surface area contributed by atoms with Crippen molar-refractivity contribution in [2.45, 2.75) is 31.7 Å². The number of nitrogens with zero attached hydrogens (tertiary/aromatic N) is 4. The van der Waals surface area contributed by atoms with Gasteiger partial charge in [-0.25, -0.2) is 9.07 Å². The summed E-state index contributed by atoms with van der Waals surface area (Å²) in [5, 5.41) is 17.3. The lowest BCUT2D eigenvalue weighted by Crippen LogP contribution is -2.17. The quantitative estimate of drug-likeness (QED) is 0.872. The first-order valence-electron chi connectivity index (χ1n) is 6.47. The molecule has 0 atom stereocenters. The fourth-order valence-electron chi connectivity index (χ4n) is 2.44. The lowest BCUT2D eigenvalue weighted by molar-refractivity contribution is 0.390. The molecule has 1 aliphatic rings. The number of rotatable bonds is 3. The fraction of sp³-hybridized carbons (Fsp3) is 0.357. The summed E-state index contributed by atoms with van der Waals surface area (Å²) in [6.45, 7) is 0.200. The highest BCUT2D eigenvalue weighted by Crippen LogP contribution is 2.37. The van der Waals surface area contributed by atoms with Gasteiger partial charge in [0.25, 0.3) is 0 Å². The zero-order valence-corrected chi connectivity index (χ0v) is 11.4. The number of halogens is 2. The first kappa shape index (κ1) is 13.1. The van der Waals surface area contributed by atoms with Gasteiger partial charge in [-0.2, -0.15) is 5.26 Å². The predicted molar refractivity (Wildman–Crippen MR) is 71.8 cm³/mol. The van der Waals surface area contributed by atoms with Gasteiger partial charge >= 0.3 is 0 Å². The van der Waals surface area contributed by atoms with E-state index in [0.717, 1.165) is 25.0 Å². The molecule has 1 heterocycles. The Balaban J connectivity index is 1.99. The maximum absolute atomic E-state index is 13.8. The van der Waals surface area contributed by atoms with Crippen molar-refractivity contribution in [3.8, 4) is 6.07 Å². The van der Waals surface area contributed by atoms with Gasteiger partial charge in [0.2, 0.25) is 0 Å². The molecule has 0 saturated heterocycles. The highest BCUT2D eigenvalue weighted by Gasteiger charge is 2.28. The van der Waals surface area contributed by atoms with Gasteiger partial charge in [-0.3, -0.25) is 0 Å². The summed E-state index contributed by atoms with van der Waals surface area (Å²) in [5.41, 5.74) is 1.52. The molecule has 0 N–H and O–H groups in total. The van der Waals surface area contributed by atoms with E-state index in [9.17, 15) is 4.39 Å². The Morgan fingerprint density at radius 1 is 1.45 bits per heavy atom. The van der Waals surface area contributed by atoms with Crippen LogP contribution in [0.4, 0.5) is 4.39 Å². The SMILES string of the molecule is N#Cc1nnn(Cc2c(F)cccc2Cl)c1C1CCC1. The Morgan fingerprint density at radius 2 is 2.25 bits per heavy atom. The van der Waals surface area contributed by atoms with Crippen molar-refractivity contribution in [1.29, 1.82) is 5.26 Å². The number of hydrogen-bond donors (Lipinski definition) is 0. The number of hydrogen-bond acceptors (Lipinski definition) is 3. The van der Waals surface area contributed by atoms with Crippen molar-refractivity contribution in [3.05, 3.63) is 46.0 Å². The molecule has 102 valence electrons. The fourth-order valence-corrected chi connectivity index (χ4v) is 2.66. The zero-order chi connectivity index (χ0) is 14.1. The molecule has 0 bridgehead atoms. The van der Waals surface area contributed by atoms with Crippen molar-refractivity contribution in [3.63, 3.8) is 0 Å². The lowest BCUT2D eigenvalue weighted by Gasteiger charge is -2.25. The third-order valence-electron chi connectivity index (χ3n) is 3.74. The van der Waals surface area contributed by atoms with E-state index in [-0.39, 0.29) is 12.4 Å². The molecule has 6 heteroatoms. The van der Waals surface area contributed by atoms with Crippen LogP contribution in [-0.2, 0) is 6.54 Å². The predicted octanol–water partition coefficient (Wildman–Crippen LogP) is 3.26. The minimum atomic E-state index is -0.369. The third-order valence-corrected chi connectivity index (χ3v) is 4.09. The first-order chi connectivity index (χ1) is 9.70. The largest absolute Gasteiger partial charge is 0.243 e. The maximum Gasteiger partial charge on any atom is 0.186 e. The van der Waals surface area contributed by atoms with Crippen LogP contribution < -0.4 is 0 Å². The van der Waals surface area contributed by atoms with E-state index in [1.165, 1.54) is 6.07 Å². The van der Waals surface area contributed by atoms with Gasteiger partial charge in [0, 0.05) is 16.5 Å². The van der Waals surface area contributed by atoms with Gasteiger partial charge in [-0.1, -0.05) is 29.3 Å². The number of nitriles is 1. The summed E-state index contributed by atoms with van der Waals surface area (Å²) >= 11 is 6.03. The van der Waals surface area contributed by atoms with Gasteiger partial charge in [0.1, 0.15) is 11.9 Å². The van der Waals surface area contributed by atoms with Gasteiger partial charge in [-0.05, 0) is 25.0 Å². The highest BCUT2D eigenvalue weighted by atomic mass is 35.5. The molecule has 4 nitrogen and oxygen atoms in total. The number of aromatic nitrogens is 3. The summed E-state index contributed by atoms with van der Waals surface area (Å²) < 4.78 is 15.4. The van der Waals surface area contributed by atoms with Crippen LogP contribution in [0.2, 0.25) is 5.02 Å². The molecule has 2 aromatic rings. The van der Waals surface area contributed by atoms with Gasteiger partial charge < -0.3 is 0 Å². The average Bonchev–Trinajstić information content (AvgIpc) is 2.75. The van der Waals surface area contributed by atoms with Gasteiger partial charge in [0.05, 0.1) is 12.2 Å². The standard InChI is InChI=1S/C14H12ClFN4/c15-11-5-2-6-12(16)10(11)8-20-14(9-3-1-4-9)13(7-17)18-19-20/h2,5-6,9H,1,3-4,8H2. The minimum absolute atomic E-state index is 0.200.